The summed E-state index contributed by atoms with van der Waals surface area (Å²) >= 11 is 0. The lowest BCUT2D eigenvalue weighted by atomic mass is 9.51. The van der Waals surface area contributed by atoms with Crippen molar-refractivity contribution in [2.75, 3.05) is 7.11 Å². The number of ketones is 1. The Bertz CT molecular complexity index is 664. The van der Waals surface area contributed by atoms with Gasteiger partial charge in [-0.3, -0.25) is 4.79 Å². The highest BCUT2D eigenvalue weighted by Gasteiger charge is 2.57. The zero-order valence-electron chi connectivity index (χ0n) is 15.5. The summed E-state index contributed by atoms with van der Waals surface area (Å²) in [6.45, 7) is 6.67. The number of carbonyl (C=O) groups is 1. The molecule has 0 radical (unpaired) electrons. The summed E-state index contributed by atoms with van der Waals surface area (Å²) < 4.78 is 5.44. The van der Waals surface area contributed by atoms with Gasteiger partial charge in [0, 0.05) is 5.92 Å². The van der Waals surface area contributed by atoms with Crippen molar-refractivity contribution >= 4 is 5.78 Å². The Morgan fingerprint density at radius 2 is 2.04 bits per heavy atom. The lowest BCUT2D eigenvalue weighted by Crippen LogP contribution is -2.46. The molecular formula is C22H30O2. The molecule has 1 aromatic rings. The predicted octanol–water partition coefficient (Wildman–Crippen LogP) is 5.00. The predicted molar refractivity (Wildman–Crippen MR) is 96.3 cm³/mol. The number of ether oxygens (including phenoxy) is 1. The third-order valence-electron chi connectivity index (χ3n) is 7.77. The van der Waals surface area contributed by atoms with E-state index in [1.165, 1.54) is 24.8 Å². The first-order chi connectivity index (χ1) is 11.5. The van der Waals surface area contributed by atoms with E-state index in [9.17, 15) is 4.79 Å². The van der Waals surface area contributed by atoms with Crippen LogP contribution in [0.3, 0.4) is 0 Å². The van der Waals surface area contributed by atoms with Crippen LogP contribution < -0.4 is 4.74 Å². The number of benzene rings is 1. The van der Waals surface area contributed by atoms with E-state index in [2.05, 4.69) is 32.0 Å². The molecule has 2 heteroatoms. The van der Waals surface area contributed by atoms with Crippen molar-refractivity contribution in [2.24, 2.45) is 29.1 Å². The molecule has 2 saturated carbocycles. The van der Waals surface area contributed by atoms with E-state index < -0.39 is 0 Å². The average molecular weight is 326 g/mol. The third kappa shape index (κ3) is 2.18. The molecule has 0 saturated heterocycles. The van der Waals surface area contributed by atoms with E-state index in [4.69, 9.17) is 4.74 Å². The van der Waals surface area contributed by atoms with Gasteiger partial charge in [0.1, 0.15) is 11.5 Å². The summed E-state index contributed by atoms with van der Waals surface area (Å²) in [4.78, 5) is 12.2. The van der Waals surface area contributed by atoms with Crippen LogP contribution in [0.2, 0.25) is 0 Å². The number of Topliss-reactive ketones (excluding diaryl/α,β-unsaturated/α-hetero) is 1. The molecule has 24 heavy (non-hydrogen) atoms. The smallest absolute Gasteiger partial charge is 0.133 e. The van der Waals surface area contributed by atoms with E-state index in [1.54, 1.807) is 12.7 Å². The topological polar surface area (TPSA) is 26.3 Å². The molecule has 0 N–H and O–H groups in total. The minimum absolute atomic E-state index is 0.241. The van der Waals surface area contributed by atoms with Crippen molar-refractivity contribution in [3.05, 3.63) is 29.3 Å². The molecule has 0 spiro atoms. The number of methoxy groups -OCH3 is 1. The molecule has 6 atom stereocenters. The van der Waals surface area contributed by atoms with Crippen LogP contribution in [0.15, 0.2) is 18.2 Å². The van der Waals surface area contributed by atoms with Crippen LogP contribution in [-0.2, 0) is 11.2 Å². The molecule has 3 aliphatic carbocycles. The third-order valence-corrected chi connectivity index (χ3v) is 7.77. The summed E-state index contributed by atoms with van der Waals surface area (Å²) in [7, 11) is 1.75. The maximum absolute atomic E-state index is 12.2. The van der Waals surface area contributed by atoms with Gasteiger partial charge in [0.15, 0.2) is 0 Å². The highest BCUT2D eigenvalue weighted by atomic mass is 16.5. The van der Waals surface area contributed by atoms with E-state index in [1.807, 2.05) is 6.92 Å². The Kier molecular flexibility index (Phi) is 3.78. The maximum Gasteiger partial charge on any atom is 0.133 e. The second-order valence-corrected chi connectivity index (χ2v) is 8.82. The van der Waals surface area contributed by atoms with Crippen LogP contribution in [-0.4, -0.2) is 12.9 Å². The maximum atomic E-state index is 12.2. The largest absolute Gasteiger partial charge is 0.497 e. The molecule has 2 nitrogen and oxygen atoms in total. The van der Waals surface area contributed by atoms with E-state index in [-0.39, 0.29) is 5.41 Å². The van der Waals surface area contributed by atoms with Crippen molar-refractivity contribution in [1.29, 1.82) is 0 Å². The first-order valence-corrected chi connectivity index (χ1v) is 9.63. The number of hydrogen-bond acceptors (Lipinski definition) is 2. The Balaban J connectivity index is 1.71. The fourth-order valence-corrected chi connectivity index (χ4v) is 6.75. The van der Waals surface area contributed by atoms with E-state index in [0.717, 1.165) is 30.4 Å². The summed E-state index contributed by atoms with van der Waals surface area (Å²) in [5.41, 5.74) is 3.30. The SMILES string of the molecule is COc1ccc2c(c1)C[C@@H](C)[C@@H]1[C@@H]2CC[C@@]2(C)[C@@H]1CC[C@H]2C(C)=O. The van der Waals surface area contributed by atoms with Gasteiger partial charge in [0.2, 0.25) is 0 Å². The molecule has 0 amide bonds. The molecule has 0 aliphatic heterocycles. The van der Waals surface area contributed by atoms with Crippen molar-refractivity contribution < 1.29 is 9.53 Å². The molecule has 130 valence electrons. The monoisotopic (exact) mass is 326 g/mol. The molecule has 2 fully saturated rings. The second-order valence-electron chi connectivity index (χ2n) is 8.82. The molecule has 0 bridgehead atoms. The summed E-state index contributed by atoms with van der Waals surface area (Å²) in [5.74, 6) is 4.55. The highest BCUT2D eigenvalue weighted by molar-refractivity contribution is 5.79. The molecule has 0 heterocycles. The van der Waals surface area contributed by atoms with E-state index in [0.29, 0.717) is 23.5 Å². The van der Waals surface area contributed by atoms with Crippen LogP contribution in [0.4, 0.5) is 0 Å². The van der Waals surface area contributed by atoms with Gasteiger partial charge in [0.25, 0.3) is 0 Å². The summed E-state index contributed by atoms with van der Waals surface area (Å²) in [6, 6.07) is 6.70. The van der Waals surface area contributed by atoms with Crippen molar-refractivity contribution in [1.82, 2.24) is 0 Å². The van der Waals surface area contributed by atoms with Gasteiger partial charge in [-0.25, -0.2) is 0 Å². The fraction of sp³-hybridized carbons (Fsp3) is 0.682. The first-order valence-electron chi connectivity index (χ1n) is 9.63. The zero-order chi connectivity index (χ0) is 17.1. The summed E-state index contributed by atoms with van der Waals surface area (Å²) in [5, 5.41) is 0. The minimum Gasteiger partial charge on any atom is -0.497 e. The van der Waals surface area contributed by atoms with Crippen LogP contribution in [0.25, 0.3) is 0 Å². The standard InChI is InChI=1S/C22H30O2/c1-13-11-15-12-16(24-4)5-6-17(15)18-9-10-22(3)19(14(2)23)7-8-20(22)21(13)18/h5-6,12-13,18-21H,7-11H2,1-4H3/t13-,18-,19+,20-,21-,22-/m1/s1. The lowest BCUT2D eigenvalue weighted by molar-refractivity contribution is -0.126. The van der Waals surface area contributed by atoms with Crippen LogP contribution in [0.5, 0.6) is 5.75 Å². The lowest BCUT2D eigenvalue weighted by Gasteiger charge is -2.53. The molecular weight excluding hydrogens is 296 g/mol. The van der Waals surface area contributed by atoms with Crippen molar-refractivity contribution in [3.8, 4) is 5.75 Å². The Morgan fingerprint density at radius 1 is 1.25 bits per heavy atom. The molecule has 0 unspecified atom stereocenters. The van der Waals surface area contributed by atoms with Gasteiger partial charge in [-0.1, -0.05) is 19.9 Å². The number of carbonyl (C=O) groups excluding carboxylic acids is 1. The molecule has 0 aromatic heterocycles. The fourth-order valence-electron chi connectivity index (χ4n) is 6.75. The number of fused-ring (bicyclic) bond motifs is 5. The van der Waals surface area contributed by atoms with Gasteiger partial charge >= 0.3 is 0 Å². The molecule has 1 aromatic carbocycles. The van der Waals surface area contributed by atoms with Crippen molar-refractivity contribution in [2.45, 2.75) is 58.8 Å². The first kappa shape index (κ1) is 16.2. The molecule has 4 rings (SSSR count). The van der Waals surface area contributed by atoms with Gasteiger partial charge in [-0.2, -0.15) is 0 Å². The molecule has 3 aliphatic rings. The zero-order valence-corrected chi connectivity index (χ0v) is 15.5. The average Bonchev–Trinajstić information content (AvgIpc) is 2.91. The van der Waals surface area contributed by atoms with E-state index >= 15 is 0 Å². The minimum atomic E-state index is 0.241. The van der Waals surface area contributed by atoms with Gasteiger partial charge in [-0.15, -0.1) is 0 Å². The van der Waals surface area contributed by atoms with Gasteiger partial charge < -0.3 is 4.74 Å². The van der Waals surface area contributed by atoms with Gasteiger partial charge in [-0.05, 0) is 91.4 Å². The highest BCUT2D eigenvalue weighted by Crippen LogP contribution is 2.64. The van der Waals surface area contributed by atoms with Gasteiger partial charge in [0.05, 0.1) is 7.11 Å². The normalized spacial score (nSPS) is 40.4. The quantitative estimate of drug-likeness (QED) is 0.764. The van der Waals surface area contributed by atoms with Crippen LogP contribution >= 0.6 is 0 Å². The van der Waals surface area contributed by atoms with Crippen LogP contribution in [0.1, 0.15) is 63.5 Å². The number of rotatable bonds is 2. The Labute approximate surface area is 146 Å². The Morgan fingerprint density at radius 3 is 2.75 bits per heavy atom. The van der Waals surface area contributed by atoms with Crippen LogP contribution in [0, 0.1) is 29.1 Å². The summed E-state index contributed by atoms with van der Waals surface area (Å²) in [6.07, 6.45) is 5.97. The Hall–Kier alpha value is -1.31. The second kappa shape index (κ2) is 5.61. The number of hydrogen-bond donors (Lipinski definition) is 0. The van der Waals surface area contributed by atoms with Crippen molar-refractivity contribution in [3.63, 3.8) is 0 Å².